The second kappa shape index (κ2) is 7.00. The maximum Gasteiger partial charge on any atom is 0.291 e. The number of carbonyl (C=O) groups is 1. The molecule has 0 aliphatic heterocycles. The van der Waals surface area contributed by atoms with Gasteiger partial charge in [-0.2, -0.15) is 0 Å². The Morgan fingerprint density at radius 1 is 1.04 bits per heavy atom. The molecule has 1 heterocycles. The molecule has 0 aliphatic rings. The van der Waals surface area contributed by atoms with E-state index in [4.69, 9.17) is 4.42 Å². The highest BCUT2D eigenvalue weighted by molar-refractivity contribution is 6.02. The van der Waals surface area contributed by atoms with Crippen molar-refractivity contribution in [2.45, 2.75) is 13.3 Å². The zero-order valence-corrected chi connectivity index (χ0v) is 13.6. The van der Waals surface area contributed by atoms with Crippen LogP contribution in [0.4, 0.5) is 11.4 Å². The van der Waals surface area contributed by atoms with Gasteiger partial charge in [-0.25, -0.2) is 0 Å². The van der Waals surface area contributed by atoms with Crippen LogP contribution in [-0.4, -0.2) is 10.8 Å². The zero-order chi connectivity index (χ0) is 17.8. The van der Waals surface area contributed by atoms with Crippen LogP contribution in [0, 0.1) is 17.0 Å². The van der Waals surface area contributed by atoms with Crippen LogP contribution in [0.2, 0.25) is 0 Å². The number of anilines is 1. The number of hydrogen-bond donors (Lipinski definition) is 1. The van der Waals surface area contributed by atoms with Gasteiger partial charge in [0.1, 0.15) is 5.76 Å². The smallest absolute Gasteiger partial charge is 0.291 e. The molecule has 0 unspecified atom stereocenters. The lowest BCUT2D eigenvalue weighted by Gasteiger charge is -2.03. The van der Waals surface area contributed by atoms with Crippen molar-refractivity contribution in [3.05, 3.63) is 93.4 Å². The van der Waals surface area contributed by atoms with Crippen molar-refractivity contribution in [3.8, 4) is 0 Å². The number of nitro groups is 1. The molecule has 0 aliphatic carbocycles. The highest BCUT2D eigenvalue weighted by atomic mass is 16.6. The first-order valence-electron chi connectivity index (χ1n) is 7.71. The van der Waals surface area contributed by atoms with E-state index in [0.29, 0.717) is 17.9 Å². The Kier molecular flexibility index (Phi) is 4.61. The normalized spacial score (nSPS) is 10.4. The number of benzene rings is 2. The van der Waals surface area contributed by atoms with E-state index < -0.39 is 10.8 Å². The molecular formula is C19H16N2O4. The lowest BCUT2D eigenvalue weighted by atomic mass is 10.1. The van der Waals surface area contributed by atoms with Crippen LogP contribution in [0.3, 0.4) is 0 Å². The summed E-state index contributed by atoms with van der Waals surface area (Å²) in [5.41, 5.74) is 2.72. The quantitative estimate of drug-likeness (QED) is 0.555. The van der Waals surface area contributed by atoms with Gasteiger partial charge in [0, 0.05) is 24.2 Å². The third-order valence-electron chi connectivity index (χ3n) is 3.72. The van der Waals surface area contributed by atoms with E-state index >= 15 is 0 Å². The number of amides is 1. The summed E-state index contributed by atoms with van der Waals surface area (Å²) in [6.45, 7) is 2.03. The molecule has 6 heteroatoms. The molecule has 3 aromatic rings. The van der Waals surface area contributed by atoms with Crippen molar-refractivity contribution in [1.82, 2.24) is 0 Å². The Hall–Kier alpha value is -3.41. The van der Waals surface area contributed by atoms with Gasteiger partial charge in [-0.05, 0) is 36.8 Å². The van der Waals surface area contributed by atoms with Gasteiger partial charge in [0.25, 0.3) is 11.6 Å². The van der Waals surface area contributed by atoms with E-state index in [1.54, 1.807) is 12.1 Å². The van der Waals surface area contributed by atoms with Crippen molar-refractivity contribution in [2.75, 3.05) is 5.32 Å². The highest BCUT2D eigenvalue weighted by Crippen LogP contribution is 2.18. The second-order valence-electron chi connectivity index (χ2n) is 5.69. The fourth-order valence-electron chi connectivity index (χ4n) is 2.36. The fourth-order valence-corrected chi connectivity index (χ4v) is 2.36. The lowest BCUT2D eigenvalue weighted by Crippen LogP contribution is -2.10. The van der Waals surface area contributed by atoms with Gasteiger partial charge < -0.3 is 9.73 Å². The lowest BCUT2D eigenvalue weighted by molar-refractivity contribution is -0.384. The Bertz CT molecular complexity index is 896. The summed E-state index contributed by atoms with van der Waals surface area (Å²) in [6.07, 6.45) is 0.602. The SMILES string of the molecule is Cc1ccc(Cc2ccc(C(=O)Nc3ccc([N+](=O)[O-])cc3)o2)cc1. The van der Waals surface area contributed by atoms with Crippen LogP contribution in [0.5, 0.6) is 0 Å². The largest absolute Gasteiger partial charge is 0.456 e. The van der Waals surface area contributed by atoms with E-state index in [1.165, 1.54) is 29.8 Å². The average Bonchev–Trinajstić information content (AvgIpc) is 3.06. The molecule has 0 radical (unpaired) electrons. The van der Waals surface area contributed by atoms with Crippen LogP contribution in [-0.2, 0) is 6.42 Å². The minimum Gasteiger partial charge on any atom is -0.456 e. The van der Waals surface area contributed by atoms with Crippen molar-refractivity contribution in [1.29, 1.82) is 0 Å². The molecule has 25 heavy (non-hydrogen) atoms. The molecule has 0 bridgehead atoms. The van der Waals surface area contributed by atoms with Crippen LogP contribution < -0.4 is 5.32 Å². The van der Waals surface area contributed by atoms with Gasteiger partial charge in [0.15, 0.2) is 5.76 Å². The van der Waals surface area contributed by atoms with E-state index in [1.807, 2.05) is 31.2 Å². The number of non-ortho nitro benzene ring substituents is 1. The molecule has 1 aromatic heterocycles. The van der Waals surface area contributed by atoms with Crippen LogP contribution >= 0.6 is 0 Å². The summed E-state index contributed by atoms with van der Waals surface area (Å²) in [4.78, 5) is 22.3. The van der Waals surface area contributed by atoms with E-state index in [9.17, 15) is 14.9 Å². The number of carbonyl (C=O) groups excluding carboxylic acids is 1. The molecule has 0 spiro atoms. The number of nitrogens with zero attached hydrogens (tertiary/aromatic N) is 1. The summed E-state index contributed by atoms with van der Waals surface area (Å²) >= 11 is 0. The molecule has 1 amide bonds. The maximum absolute atomic E-state index is 12.2. The monoisotopic (exact) mass is 336 g/mol. The van der Waals surface area contributed by atoms with Gasteiger partial charge in [-0.1, -0.05) is 29.8 Å². The van der Waals surface area contributed by atoms with Crippen LogP contribution in [0.15, 0.2) is 65.1 Å². The molecule has 0 saturated heterocycles. The average molecular weight is 336 g/mol. The Balaban J connectivity index is 1.65. The first-order valence-corrected chi connectivity index (χ1v) is 7.71. The number of hydrogen-bond acceptors (Lipinski definition) is 4. The van der Waals surface area contributed by atoms with Crippen molar-refractivity contribution in [3.63, 3.8) is 0 Å². The molecule has 0 saturated carbocycles. The molecule has 1 N–H and O–H groups in total. The predicted octanol–water partition coefficient (Wildman–Crippen LogP) is 4.34. The summed E-state index contributed by atoms with van der Waals surface area (Å²) in [5, 5.41) is 13.3. The second-order valence-corrected chi connectivity index (χ2v) is 5.69. The third kappa shape index (κ3) is 4.11. The maximum atomic E-state index is 12.2. The summed E-state index contributed by atoms with van der Waals surface area (Å²) in [6, 6.07) is 17.1. The number of aryl methyl sites for hydroxylation is 1. The predicted molar refractivity (Wildman–Crippen MR) is 93.7 cm³/mol. The van der Waals surface area contributed by atoms with Crippen molar-refractivity contribution >= 4 is 17.3 Å². The van der Waals surface area contributed by atoms with E-state index in [-0.39, 0.29) is 11.4 Å². The van der Waals surface area contributed by atoms with Gasteiger partial charge in [0.2, 0.25) is 0 Å². The molecule has 3 rings (SSSR count). The highest BCUT2D eigenvalue weighted by Gasteiger charge is 2.13. The first-order chi connectivity index (χ1) is 12.0. The van der Waals surface area contributed by atoms with Crippen molar-refractivity contribution in [2.24, 2.45) is 0 Å². The third-order valence-corrected chi connectivity index (χ3v) is 3.72. The number of furan rings is 1. The fraction of sp³-hybridized carbons (Fsp3) is 0.105. The Morgan fingerprint density at radius 2 is 1.72 bits per heavy atom. The topological polar surface area (TPSA) is 85.4 Å². The minimum absolute atomic E-state index is 0.0311. The standard InChI is InChI=1S/C19H16N2O4/c1-13-2-4-14(5-3-13)12-17-10-11-18(25-17)19(22)20-15-6-8-16(9-7-15)21(23)24/h2-11H,12H2,1H3,(H,20,22). The van der Waals surface area contributed by atoms with E-state index in [2.05, 4.69) is 5.32 Å². The summed E-state index contributed by atoms with van der Waals surface area (Å²) in [5.74, 6) is 0.488. The van der Waals surface area contributed by atoms with Crippen molar-refractivity contribution < 1.29 is 14.1 Å². The number of rotatable bonds is 5. The van der Waals surface area contributed by atoms with Gasteiger partial charge in [-0.3, -0.25) is 14.9 Å². The zero-order valence-electron chi connectivity index (χ0n) is 13.6. The van der Waals surface area contributed by atoms with E-state index in [0.717, 1.165) is 5.56 Å². The Morgan fingerprint density at radius 3 is 2.36 bits per heavy atom. The molecule has 0 fully saturated rings. The van der Waals surface area contributed by atoms with Gasteiger partial charge >= 0.3 is 0 Å². The number of nitro benzene ring substituents is 1. The molecular weight excluding hydrogens is 320 g/mol. The molecule has 2 aromatic carbocycles. The molecule has 6 nitrogen and oxygen atoms in total. The van der Waals surface area contributed by atoms with Gasteiger partial charge in [0.05, 0.1) is 4.92 Å². The molecule has 126 valence electrons. The summed E-state index contributed by atoms with van der Waals surface area (Å²) in [7, 11) is 0. The Labute approximate surface area is 144 Å². The van der Waals surface area contributed by atoms with Gasteiger partial charge in [-0.15, -0.1) is 0 Å². The van der Waals surface area contributed by atoms with Crippen LogP contribution in [0.1, 0.15) is 27.4 Å². The first kappa shape index (κ1) is 16.4. The minimum atomic E-state index is -0.491. The molecule has 0 atom stereocenters. The summed E-state index contributed by atoms with van der Waals surface area (Å²) < 4.78 is 5.59. The van der Waals surface area contributed by atoms with Crippen LogP contribution in [0.25, 0.3) is 0 Å². The number of nitrogens with one attached hydrogen (secondary N) is 1.